The Morgan fingerprint density at radius 1 is 1.12 bits per heavy atom. The van der Waals surface area contributed by atoms with Crippen molar-refractivity contribution in [3.63, 3.8) is 0 Å². The van der Waals surface area contributed by atoms with Crippen molar-refractivity contribution in [1.82, 2.24) is 5.32 Å². The highest BCUT2D eigenvalue weighted by Gasteiger charge is 2.32. The number of benzene rings is 2. The topological polar surface area (TPSA) is 75.7 Å². The molecule has 0 aromatic heterocycles. The second kappa shape index (κ2) is 10.7. The molecule has 0 aliphatic carbocycles. The van der Waals surface area contributed by atoms with E-state index in [4.69, 9.17) is 4.74 Å². The van der Waals surface area contributed by atoms with E-state index in [0.717, 1.165) is 29.7 Å². The molecule has 0 unspecified atom stereocenters. The van der Waals surface area contributed by atoms with E-state index in [-0.39, 0.29) is 18.3 Å². The second-order valence-electron chi connectivity index (χ2n) is 7.59. The minimum Gasteiger partial charge on any atom is -0.491 e. The standard InChI is InChI=1S/C22H27F3N2O4S/c1-16(2)31-20-11-4-7-17(13-20)8-6-12-26-21(28)15-27(32(3,29)30)19-10-5-9-18(14-19)22(23,24)25/h4-5,7,9-11,13-14,16H,6,8,12,15H2,1-3H3,(H,26,28). The lowest BCUT2D eigenvalue weighted by Crippen LogP contribution is -2.40. The zero-order chi connectivity index (χ0) is 23.9. The number of amides is 1. The molecule has 0 fully saturated rings. The first-order valence-corrected chi connectivity index (χ1v) is 11.9. The zero-order valence-corrected chi connectivity index (χ0v) is 19.0. The summed E-state index contributed by atoms with van der Waals surface area (Å²) in [6.45, 7) is 3.54. The highest BCUT2D eigenvalue weighted by Crippen LogP contribution is 2.32. The third kappa shape index (κ3) is 8.07. The number of hydrogen-bond acceptors (Lipinski definition) is 4. The molecule has 0 aliphatic rings. The van der Waals surface area contributed by atoms with Gasteiger partial charge in [0.05, 0.1) is 23.6 Å². The summed E-state index contributed by atoms with van der Waals surface area (Å²) in [5.41, 5.74) is -0.189. The van der Waals surface area contributed by atoms with Gasteiger partial charge in [-0.1, -0.05) is 18.2 Å². The summed E-state index contributed by atoms with van der Waals surface area (Å²) >= 11 is 0. The quantitative estimate of drug-likeness (QED) is 0.531. The monoisotopic (exact) mass is 472 g/mol. The molecule has 0 saturated carbocycles. The van der Waals surface area contributed by atoms with E-state index in [0.29, 0.717) is 23.2 Å². The Labute approximate surface area is 186 Å². The van der Waals surface area contributed by atoms with Crippen LogP contribution in [0.2, 0.25) is 0 Å². The Morgan fingerprint density at radius 3 is 2.44 bits per heavy atom. The van der Waals surface area contributed by atoms with Gasteiger partial charge in [-0.2, -0.15) is 13.2 Å². The molecule has 2 aromatic rings. The van der Waals surface area contributed by atoms with Gasteiger partial charge in [0, 0.05) is 6.54 Å². The van der Waals surface area contributed by atoms with Crippen LogP contribution in [0.15, 0.2) is 48.5 Å². The number of anilines is 1. The minimum absolute atomic E-state index is 0.0548. The Kier molecular flexibility index (Phi) is 8.54. The van der Waals surface area contributed by atoms with Crippen molar-refractivity contribution in [3.8, 4) is 5.75 Å². The van der Waals surface area contributed by atoms with Crippen LogP contribution in [0.5, 0.6) is 5.75 Å². The van der Waals surface area contributed by atoms with E-state index in [1.807, 2.05) is 38.1 Å². The van der Waals surface area contributed by atoms with Crippen molar-refractivity contribution < 1.29 is 31.1 Å². The third-order valence-corrected chi connectivity index (χ3v) is 5.52. The van der Waals surface area contributed by atoms with Gasteiger partial charge in [-0.05, 0) is 62.6 Å². The number of alkyl halides is 3. The van der Waals surface area contributed by atoms with Crippen molar-refractivity contribution in [3.05, 3.63) is 59.7 Å². The van der Waals surface area contributed by atoms with E-state index in [9.17, 15) is 26.4 Å². The molecule has 6 nitrogen and oxygen atoms in total. The SMILES string of the molecule is CC(C)Oc1cccc(CCCNC(=O)CN(c2cccc(C(F)(F)F)c2)S(C)(=O)=O)c1. The highest BCUT2D eigenvalue weighted by atomic mass is 32.2. The molecule has 0 aliphatic heterocycles. The van der Waals surface area contributed by atoms with Gasteiger partial charge in [-0.15, -0.1) is 0 Å². The molecular formula is C22H27F3N2O4S. The Bertz CT molecular complexity index is 1020. The maximum atomic E-state index is 13.0. The van der Waals surface area contributed by atoms with Crippen LogP contribution in [0.3, 0.4) is 0 Å². The van der Waals surface area contributed by atoms with Crippen molar-refractivity contribution in [2.45, 2.75) is 39.0 Å². The Balaban J connectivity index is 1.95. The van der Waals surface area contributed by atoms with Gasteiger partial charge in [0.25, 0.3) is 0 Å². The number of hydrogen-bond donors (Lipinski definition) is 1. The molecule has 0 saturated heterocycles. The predicted octanol–water partition coefficient (Wildman–Crippen LogP) is 4.01. The first kappa shape index (κ1) is 25.5. The van der Waals surface area contributed by atoms with Gasteiger partial charge in [-0.3, -0.25) is 9.10 Å². The smallest absolute Gasteiger partial charge is 0.416 e. The summed E-state index contributed by atoms with van der Waals surface area (Å²) in [6, 6.07) is 11.5. The second-order valence-corrected chi connectivity index (χ2v) is 9.49. The predicted molar refractivity (Wildman–Crippen MR) is 117 cm³/mol. The molecule has 1 amide bonds. The number of sulfonamides is 1. The Morgan fingerprint density at radius 2 is 1.81 bits per heavy atom. The average Bonchev–Trinajstić information content (AvgIpc) is 2.68. The van der Waals surface area contributed by atoms with Gasteiger partial charge in [0.1, 0.15) is 12.3 Å². The zero-order valence-electron chi connectivity index (χ0n) is 18.1. The van der Waals surface area contributed by atoms with Crippen LogP contribution in [0.25, 0.3) is 0 Å². The number of aryl methyl sites for hydroxylation is 1. The number of nitrogens with one attached hydrogen (secondary N) is 1. The van der Waals surface area contributed by atoms with E-state index in [1.165, 1.54) is 6.07 Å². The molecular weight excluding hydrogens is 445 g/mol. The molecule has 0 radical (unpaired) electrons. The molecule has 0 atom stereocenters. The van der Waals surface area contributed by atoms with Gasteiger partial charge >= 0.3 is 6.18 Å². The van der Waals surface area contributed by atoms with Gasteiger partial charge < -0.3 is 10.1 Å². The van der Waals surface area contributed by atoms with Crippen molar-refractivity contribution in [1.29, 1.82) is 0 Å². The van der Waals surface area contributed by atoms with E-state index >= 15 is 0 Å². The van der Waals surface area contributed by atoms with Crippen LogP contribution in [0.4, 0.5) is 18.9 Å². The molecule has 32 heavy (non-hydrogen) atoms. The van der Waals surface area contributed by atoms with Crippen LogP contribution in [-0.2, 0) is 27.4 Å². The third-order valence-electron chi connectivity index (χ3n) is 4.38. The summed E-state index contributed by atoms with van der Waals surface area (Å²) in [5, 5.41) is 2.62. The number of ether oxygens (including phenoxy) is 1. The summed E-state index contributed by atoms with van der Waals surface area (Å²) in [7, 11) is -3.97. The molecule has 2 aromatic carbocycles. The number of rotatable bonds is 10. The fourth-order valence-corrected chi connectivity index (χ4v) is 3.84. The highest BCUT2D eigenvalue weighted by molar-refractivity contribution is 7.92. The van der Waals surface area contributed by atoms with Crippen molar-refractivity contribution in [2.75, 3.05) is 23.7 Å². The normalized spacial score (nSPS) is 12.0. The number of nitrogens with zero attached hydrogens (tertiary/aromatic N) is 1. The fourth-order valence-electron chi connectivity index (χ4n) is 2.99. The van der Waals surface area contributed by atoms with E-state index in [1.54, 1.807) is 0 Å². The largest absolute Gasteiger partial charge is 0.491 e. The first-order valence-electron chi connectivity index (χ1n) is 10.0. The number of halogens is 3. The summed E-state index contributed by atoms with van der Waals surface area (Å²) in [5.74, 6) is 0.149. The maximum absolute atomic E-state index is 13.0. The van der Waals surface area contributed by atoms with Crippen molar-refractivity contribution in [2.24, 2.45) is 0 Å². The summed E-state index contributed by atoms with van der Waals surface area (Å²) in [6.07, 6.45) is -2.47. The molecule has 0 bridgehead atoms. The van der Waals surface area contributed by atoms with E-state index < -0.39 is 34.2 Å². The Hall–Kier alpha value is -2.75. The van der Waals surface area contributed by atoms with Crippen LogP contribution in [-0.4, -0.2) is 39.8 Å². The average molecular weight is 473 g/mol. The van der Waals surface area contributed by atoms with Crippen LogP contribution < -0.4 is 14.4 Å². The lowest BCUT2D eigenvalue weighted by molar-refractivity contribution is -0.137. The van der Waals surface area contributed by atoms with Crippen LogP contribution >= 0.6 is 0 Å². The van der Waals surface area contributed by atoms with E-state index in [2.05, 4.69) is 5.32 Å². The summed E-state index contributed by atoms with van der Waals surface area (Å²) < 4.78 is 69.4. The van der Waals surface area contributed by atoms with Gasteiger partial charge in [-0.25, -0.2) is 8.42 Å². The lowest BCUT2D eigenvalue weighted by atomic mass is 10.1. The van der Waals surface area contributed by atoms with Crippen LogP contribution in [0.1, 0.15) is 31.4 Å². The maximum Gasteiger partial charge on any atom is 0.416 e. The minimum atomic E-state index is -4.63. The molecule has 176 valence electrons. The van der Waals surface area contributed by atoms with Crippen LogP contribution in [0, 0.1) is 0 Å². The molecule has 10 heteroatoms. The number of carbonyl (C=O) groups is 1. The van der Waals surface area contributed by atoms with Gasteiger partial charge in [0.2, 0.25) is 15.9 Å². The molecule has 2 rings (SSSR count). The molecule has 1 N–H and O–H groups in total. The lowest BCUT2D eigenvalue weighted by Gasteiger charge is -2.22. The first-order chi connectivity index (χ1) is 14.9. The summed E-state index contributed by atoms with van der Waals surface area (Å²) in [4.78, 5) is 12.3. The van der Waals surface area contributed by atoms with Crippen molar-refractivity contribution >= 4 is 21.6 Å². The number of carbonyl (C=O) groups excluding carboxylic acids is 1. The molecule has 0 heterocycles. The molecule has 0 spiro atoms. The van der Waals surface area contributed by atoms with Gasteiger partial charge in [0.15, 0.2) is 0 Å². The fraction of sp³-hybridized carbons (Fsp3) is 0.409.